The molecule has 0 N–H and O–H groups in total. The lowest BCUT2D eigenvalue weighted by atomic mass is 10.2. The Kier molecular flexibility index (Phi) is 6.74. The molecule has 0 unspecified atom stereocenters. The summed E-state index contributed by atoms with van der Waals surface area (Å²) in [5, 5.41) is 0.604. The lowest BCUT2D eigenvalue weighted by Crippen LogP contribution is -2.28. The Morgan fingerprint density at radius 1 is 0.969 bits per heavy atom. The first kappa shape index (κ1) is 22.3. The van der Waals surface area contributed by atoms with Crippen LogP contribution in [-0.2, 0) is 11.4 Å². The van der Waals surface area contributed by atoms with Crippen molar-refractivity contribution in [2.45, 2.75) is 6.61 Å². The zero-order valence-electron chi connectivity index (χ0n) is 16.9. The molecule has 1 heterocycles. The quantitative estimate of drug-likeness (QED) is 0.358. The van der Waals surface area contributed by atoms with E-state index in [9.17, 15) is 9.59 Å². The number of hydrogen-bond acceptors (Lipinski definition) is 5. The van der Waals surface area contributed by atoms with Gasteiger partial charge in [0.1, 0.15) is 18.1 Å². The molecule has 0 spiro atoms. The number of ether oxygens (including phenoxy) is 2. The average molecular weight is 486 g/mol. The van der Waals surface area contributed by atoms with Crippen molar-refractivity contribution in [2.75, 3.05) is 12.0 Å². The highest BCUT2D eigenvalue weighted by Crippen LogP contribution is 2.39. The molecule has 32 heavy (non-hydrogen) atoms. The second-order valence-corrected chi connectivity index (χ2v) is 8.60. The first-order valence-electron chi connectivity index (χ1n) is 9.54. The molecule has 1 saturated heterocycles. The predicted molar refractivity (Wildman–Crippen MR) is 129 cm³/mol. The lowest BCUT2D eigenvalue weighted by Gasteiger charge is -2.15. The van der Waals surface area contributed by atoms with Crippen LogP contribution in [-0.4, -0.2) is 18.3 Å². The second kappa shape index (κ2) is 9.69. The number of benzene rings is 3. The summed E-state index contributed by atoms with van der Waals surface area (Å²) < 4.78 is 11.1. The van der Waals surface area contributed by atoms with Crippen LogP contribution < -0.4 is 14.4 Å². The Bertz CT molecular complexity index is 1210. The lowest BCUT2D eigenvalue weighted by molar-refractivity contribution is -0.113. The van der Waals surface area contributed by atoms with E-state index in [2.05, 4.69) is 0 Å². The third kappa shape index (κ3) is 4.78. The number of methoxy groups -OCH3 is 1. The van der Waals surface area contributed by atoms with E-state index in [0.29, 0.717) is 38.7 Å². The second-order valence-electron chi connectivity index (χ2n) is 6.80. The van der Waals surface area contributed by atoms with Crippen molar-refractivity contribution in [3.8, 4) is 11.5 Å². The van der Waals surface area contributed by atoms with Crippen LogP contribution in [0, 0.1) is 0 Å². The van der Waals surface area contributed by atoms with Gasteiger partial charge in [-0.1, -0.05) is 53.5 Å². The van der Waals surface area contributed by atoms with Crippen LogP contribution in [0.5, 0.6) is 11.5 Å². The van der Waals surface area contributed by atoms with E-state index in [1.807, 2.05) is 18.2 Å². The summed E-state index contributed by atoms with van der Waals surface area (Å²) in [7, 11) is 1.50. The molecule has 0 aromatic heterocycles. The molecule has 0 bridgehead atoms. The normalized spacial score (nSPS) is 14.8. The van der Waals surface area contributed by atoms with Crippen LogP contribution in [0.2, 0.25) is 10.0 Å². The molecule has 1 aliphatic rings. The summed E-state index contributed by atoms with van der Waals surface area (Å²) in [4.78, 5) is 26.9. The van der Waals surface area contributed by atoms with Crippen molar-refractivity contribution in [1.82, 2.24) is 0 Å². The fourth-order valence-electron chi connectivity index (χ4n) is 3.10. The fraction of sp³-hybridized carbons (Fsp3) is 0.0833. The van der Waals surface area contributed by atoms with Gasteiger partial charge < -0.3 is 9.47 Å². The number of amides is 2. The van der Waals surface area contributed by atoms with E-state index < -0.39 is 0 Å². The number of para-hydroxylation sites is 2. The smallest absolute Gasteiger partial charge is 0.298 e. The molecular formula is C24H17Cl2NO4S. The number of rotatable bonds is 6. The van der Waals surface area contributed by atoms with Gasteiger partial charge in [-0.3, -0.25) is 9.59 Å². The number of hydrogen-bond donors (Lipinski definition) is 0. The van der Waals surface area contributed by atoms with Crippen molar-refractivity contribution in [3.63, 3.8) is 0 Å². The number of carbonyl (C=O) groups excluding carboxylic acids is 2. The zero-order chi connectivity index (χ0) is 22.7. The number of halogens is 2. The van der Waals surface area contributed by atoms with Crippen molar-refractivity contribution < 1.29 is 19.1 Å². The van der Waals surface area contributed by atoms with Gasteiger partial charge in [0, 0.05) is 0 Å². The summed E-state index contributed by atoms with van der Waals surface area (Å²) in [6.45, 7) is 0.341. The third-order valence-electron chi connectivity index (χ3n) is 4.69. The standard InChI is InChI=1S/C24H17Cl2NO4S/c1-30-21-5-3-2-4-20(21)27-23(28)22(32-24(27)29)13-15-6-9-17(10-7-15)31-14-16-8-11-18(25)19(26)12-16/h2-13H,14H2,1H3/b22-13-. The molecule has 2 amide bonds. The molecule has 0 radical (unpaired) electrons. The molecular weight excluding hydrogens is 469 g/mol. The Morgan fingerprint density at radius 3 is 2.44 bits per heavy atom. The van der Waals surface area contributed by atoms with E-state index in [0.717, 1.165) is 27.8 Å². The maximum atomic E-state index is 12.9. The number of nitrogens with zero attached hydrogens (tertiary/aromatic N) is 1. The van der Waals surface area contributed by atoms with Gasteiger partial charge in [-0.2, -0.15) is 0 Å². The molecule has 1 fully saturated rings. The van der Waals surface area contributed by atoms with Gasteiger partial charge in [0.2, 0.25) is 0 Å². The Labute approximate surface area is 199 Å². The molecule has 3 aromatic rings. The highest BCUT2D eigenvalue weighted by Gasteiger charge is 2.37. The number of thioether (sulfide) groups is 1. The van der Waals surface area contributed by atoms with Crippen LogP contribution >= 0.6 is 35.0 Å². The number of carbonyl (C=O) groups is 2. The molecule has 0 saturated carbocycles. The third-order valence-corrected chi connectivity index (χ3v) is 6.30. The monoisotopic (exact) mass is 485 g/mol. The van der Waals surface area contributed by atoms with Gasteiger partial charge in [-0.05, 0) is 65.4 Å². The summed E-state index contributed by atoms with van der Waals surface area (Å²) in [6, 6.07) is 19.5. The van der Waals surface area contributed by atoms with Gasteiger partial charge in [-0.15, -0.1) is 0 Å². The zero-order valence-corrected chi connectivity index (χ0v) is 19.2. The minimum atomic E-state index is -0.385. The van der Waals surface area contributed by atoms with E-state index >= 15 is 0 Å². The SMILES string of the molecule is COc1ccccc1N1C(=O)S/C(=C\c2ccc(OCc3ccc(Cl)c(Cl)c3)cc2)C1=O. The topological polar surface area (TPSA) is 55.8 Å². The molecule has 4 rings (SSSR count). The van der Waals surface area contributed by atoms with E-state index in [1.54, 1.807) is 54.6 Å². The van der Waals surface area contributed by atoms with Crippen LogP contribution in [0.1, 0.15) is 11.1 Å². The van der Waals surface area contributed by atoms with Gasteiger partial charge in [0.05, 0.1) is 27.7 Å². The van der Waals surface area contributed by atoms with Crippen LogP contribution in [0.25, 0.3) is 6.08 Å². The van der Waals surface area contributed by atoms with Crippen LogP contribution in [0.15, 0.2) is 71.6 Å². The summed E-state index contributed by atoms with van der Waals surface area (Å²) in [6.07, 6.45) is 1.68. The predicted octanol–water partition coefficient (Wildman–Crippen LogP) is 6.82. The molecule has 162 valence electrons. The summed E-state index contributed by atoms with van der Waals surface area (Å²) in [5.74, 6) is 0.735. The molecule has 1 aliphatic heterocycles. The Morgan fingerprint density at radius 2 is 1.72 bits per heavy atom. The first-order chi connectivity index (χ1) is 15.5. The van der Waals surface area contributed by atoms with Crippen molar-refractivity contribution in [1.29, 1.82) is 0 Å². The van der Waals surface area contributed by atoms with E-state index in [4.69, 9.17) is 32.7 Å². The van der Waals surface area contributed by atoms with E-state index in [1.165, 1.54) is 7.11 Å². The van der Waals surface area contributed by atoms with Gasteiger partial charge in [-0.25, -0.2) is 4.90 Å². The average Bonchev–Trinajstić information content (AvgIpc) is 3.08. The Balaban J connectivity index is 1.46. The Hall–Kier alpha value is -2.93. The highest BCUT2D eigenvalue weighted by atomic mass is 35.5. The minimum absolute atomic E-state index is 0.338. The highest BCUT2D eigenvalue weighted by molar-refractivity contribution is 8.19. The number of imide groups is 1. The van der Waals surface area contributed by atoms with Crippen molar-refractivity contribution in [3.05, 3.63) is 92.8 Å². The number of anilines is 1. The largest absolute Gasteiger partial charge is 0.495 e. The molecule has 5 nitrogen and oxygen atoms in total. The molecule has 0 aliphatic carbocycles. The van der Waals surface area contributed by atoms with Crippen molar-refractivity contribution >= 4 is 57.9 Å². The summed E-state index contributed by atoms with van der Waals surface area (Å²) in [5.41, 5.74) is 2.10. The molecule has 8 heteroatoms. The molecule has 0 atom stereocenters. The van der Waals surface area contributed by atoms with Crippen LogP contribution in [0.4, 0.5) is 10.5 Å². The van der Waals surface area contributed by atoms with Crippen molar-refractivity contribution in [2.24, 2.45) is 0 Å². The molecule has 3 aromatic carbocycles. The maximum Gasteiger partial charge on any atom is 0.298 e. The van der Waals surface area contributed by atoms with E-state index in [-0.39, 0.29) is 11.1 Å². The fourth-order valence-corrected chi connectivity index (χ4v) is 4.25. The van der Waals surface area contributed by atoms with Gasteiger partial charge in [0.15, 0.2) is 0 Å². The first-order valence-corrected chi connectivity index (χ1v) is 11.1. The maximum absolute atomic E-state index is 12.9. The summed E-state index contributed by atoms with van der Waals surface area (Å²) >= 11 is 12.9. The van der Waals surface area contributed by atoms with Gasteiger partial charge in [0.25, 0.3) is 11.1 Å². The minimum Gasteiger partial charge on any atom is -0.495 e. The van der Waals surface area contributed by atoms with Crippen LogP contribution in [0.3, 0.4) is 0 Å². The van der Waals surface area contributed by atoms with Gasteiger partial charge >= 0.3 is 0 Å².